The molecule has 4 nitrogen and oxygen atoms in total. The second-order valence-corrected chi connectivity index (χ2v) is 2.05. The number of hydrogen-bond donors (Lipinski definition) is 0. The normalized spacial score (nSPS) is 23.4. The molecule has 0 aromatic heterocycles. The third-order valence-corrected chi connectivity index (χ3v) is 1.29. The SMILES string of the molecule is COC(=O)C1CN=C(Cl)O1. The van der Waals surface area contributed by atoms with E-state index in [0.29, 0.717) is 0 Å². The fraction of sp³-hybridized carbons (Fsp3) is 0.600. The van der Waals surface area contributed by atoms with Crippen LogP contribution in [0.1, 0.15) is 0 Å². The summed E-state index contributed by atoms with van der Waals surface area (Å²) in [5.74, 6) is -0.445. The van der Waals surface area contributed by atoms with E-state index in [1.165, 1.54) is 7.11 Å². The number of methoxy groups -OCH3 is 1. The number of nitrogens with zero attached hydrogens (tertiary/aromatic N) is 1. The second kappa shape index (κ2) is 2.88. The van der Waals surface area contributed by atoms with Gasteiger partial charge in [-0.1, -0.05) is 0 Å². The number of hydrogen-bond acceptors (Lipinski definition) is 4. The Morgan fingerprint density at radius 3 is 3.10 bits per heavy atom. The molecular weight excluding hydrogens is 158 g/mol. The molecule has 1 rings (SSSR count). The van der Waals surface area contributed by atoms with Crippen LogP contribution in [-0.2, 0) is 14.3 Å². The number of rotatable bonds is 1. The van der Waals surface area contributed by atoms with Gasteiger partial charge >= 0.3 is 5.97 Å². The lowest BCUT2D eigenvalue weighted by molar-refractivity contribution is -0.148. The first kappa shape index (κ1) is 7.34. The molecule has 1 atom stereocenters. The summed E-state index contributed by atoms with van der Waals surface area (Å²) >= 11 is 5.33. The smallest absolute Gasteiger partial charge is 0.349 e. The van der Waals surface area contributed by atoms with Crippen molar-refractivity contribution in [2.75, 3.05) is 13.7 Å². The predicted molar refractivity (Wildman–Crippen MR) is 35.0 cm³/mol. The zero-order valence-corrected chi connectivity index (χ0v) is 6.09. The molecule has 0 saturated carbocycles. The third-order valence-electron chi connectivity index (χ3n) is 1.09. The average molecular weight is 164 g/mol. The maximum atomic E-state index is 10.7. The minimum absolute atomic E-state index is 0.0235. The van der Waals surface area contributed by atoms with Crippen molar-refractivity contribution < 1.29 is 14.3 Å². The van der Waals surface area contributed by atoms with Crippen LogP contribution in [0.5, 0.6) is 0 Å². The van der Waals surface area contributed by atoms with Crippen LogP contribution in [0.3, 0.4) is 0 Å². The fourth-order valence-electron chi connectivity index (χ4n) is 0.601. The highest BCUT2D eigenvalue weighted by molar-refractivity contribution is 6.63. The van der Waals surface area contributed by atoms with E-state index < -0.39 is 12.1 Å². The highest BCUT2D eigenvalue weighted by Crippen LogP contribution is 2.07. The van der Waals surface area contributed by atoms with Gasteiger partial charge in [0.25, 0.3) is 5.36 Å². The van der Waals surface area contributed by atoms with Crippen molar-refractivity contribution in [1.82, 2.24) is 0 Å². The first-order valence-electron chi connectivity index (χ1n) is 2.68. The number of halogens is 1. The first-order valence-corrected chi connectivity index (χ1v) is 3.06. The van der Waals surface area contributed by atoms with Gasteiger partial charge in [0.15, 0.2) is 0 Å². The fourth-order valence-corrected chi connectivity index (χ4v) is 0.777. The number of esters is 1. The Balaban J connectivity index is 2.42. The molecule has 0 saturated heterocycles. The van der Waals surface area contributed by atoms with E-state index in [9.17, 15) is 4.79 Å². The summed E-state index contributed by atoms with van der Waals surface area (Å²) in [6.07, 6.45) is -0.641. The topological polar surface area (TPSA) is 47.9 Å². The molecule has 1 unspecified atom stereocenters. The van der Waals surface area contributed by atoms with Crippen LogP contribution in [0.4, 0.5) is 0 Å². The van der Waals surface area contributed by atoms with Gasteiger partial charge < -0.3 is 9.47 Å². The molecule has 0 aromatic carbocycles. The molecule has 0 aromatic rings. The molecule has 0 bridgehead atoms. The van der Waals surface area contributed by atoms with Crippen molar-refractivity contribution in [3.63, 3.8) is 0 Å². The lowest BCUT2D eigenvalue weighted by Crippen LogP contribution is -2.24. The Bertz CT molecular complexity index is 180. The lowest BCUT2D eigenvalue weighted by atomic mass is 10.4. The molecule has 0 spiro atoms. The highest BCUT2D eigenvalue weighted by Gasteiger charge is 2.26. The Kier molecular flexibility index (Phi) is 2.11. The minimum Gasteiger partial charge on any atom is -0.466 e. The number of ether oxygens (including phenoxy) is 2. The van der Waals surface area contributed by atoms with E-state index in [0.717, 1.165) is 0 Å². The average Bonchev–Trinajstić information content (AvgIpc) is 2.34. The maximum absolute atomic E-state index is 10.7. The summed E-state index contributed by atoms with van der Waals surface area (Å²) in [5.41, 5.74) is 0. The van der Waals surface area contributed by atoms with Gasteiger partial charge in [-0.25, -0.2) is 9.79 Å². The van der Waals surface area contributed by atoms with Crippen LogP contribution in [-0.4, -0.2) is 31.1 Å². The monoisotopic (exact) mass is 163 g/mol. The van der Waals surface area contributed by atoms with Gasteiger partial charge in [-0.3, -0.25) is 0 Å². The summed E-state index contributed by atoms with van der Waals surface area (Å²) in [6, 6.07) is 0. The van der Waals surface area contributed by atoms with Gasteiger partial charge in [0.2, 0.25) is 6.10 Å². The molecule has 10 heavy (non-hydrogen) atoms. The van der Waals surface area contributed by atoms with Crippen LogP contribution < -0.4 is 0 Å². The quantitative estimate of drug-likeness (QED) is 0.517. The summed E-state index contributed by atoms with van der Waals surface area (Å²) in [5, 5.41) is 0.0235. The molecule has 1 aliphatic heterocycles. The Hall–Kier alpha value is -0.770. The molecule has 0 aliphatic carbocycles. The molecule has 0 N–H and O–H groups in total. The molecule has 56 valence electrons. The molecule has 0 fully saturated rings. The standard InChI is InChI=1S/C5H6ClNO3/c1-9-4(8)3-2-7-5(6)10-3/h3H,2H2,1H3. The van der Waals surface area contributed by atoms with Gasteiger partial charge in [0, 0.05) is 0 Å². The molecule has 1 aliphatic rings. The van der Waals surface area contributed by atoms with Crippen molar-refractivity contribution in [1.29, 1.82) is 0 Å². The second-order valence-electron chi connectivity index (χ2n) is 1.72. The number of aliphatic imine (C=N–C) groups is 1. The molecule has 5 heteroatoms. The summed E-state index contributed by atoms with van der Waals surface area (Å²) < 4.78 is 9.14. The Morgan fingerprint density at radius 2 is 2.70 bits per heavy atom. The number of carbonyl (C=O) groups is 1. The molecule has 0 radical (unpaired) electrons. The predicted octanol–water partition coefficient (Wildman–Crippen LogP) is 0.153. The summed E-state index contributed by atoms with van der Waals surface area (Å²) in [4.78, 5) is 14.3. The van der Waals surface area contributed by atoms with Crippen LogP contribution in [0.2, 0.25) is 0 Å². The zero-order chi connectivity index (χ0) is 7.56. The van der Waals surface area contributed by atoms with Crippen molar-refractivity contribution >= 4 is 22.9 Å². The van der Waals surface area contributed by atoms with E-state index in [1.807, 2.05) is 0 Å². The summed E-state index contributed by atoms with van der Waals surface area (Å²) in [7, 11) is 1.29. The molecular formula is C5H6ClNO3. The van der Waals surface area contributed by atoms with Crippen molar-refractivity contribution in [2.45, 2.75) is 6.10 Å². The van der Waals surface area contributed by atoms with Crippen LogP contribution >= 0.6 is 11.6 Å². The van der Waals surface area contributed by atoms with Crippen LogP contribution in [0.15, 0.2) is 4.99 Å². The van der Waals surface area contributed by atoms with Crippen molar-refractivity contribution in [2.24, 2.45) is 4.99 Å². The van der Waals surface area contributed by atoms with Crippen LogP contribution in [0, 0.1) is 0 Å². The van der Waals surface area contributed by atoms with Gasteiger partial charge in [-0.15, -0.1) is 0 Å². The van der Waals surface area contributed by atoms with Crippen LogP contribution in [0.25, 0.3) is 0 Å². The Morgan fingerprint density at radius 1 is 2.00 bits per heavy atom. The van der Waals surface area contributed by atoms with Gasteiger partial charge in [0.1, 0.15) is 0 Å². The van der Waals surface area contributed by atoms with E-state index >= 15 is 0 Å². The van der Waals surface area contributed by atoms with Gasteiger partial charge in [-0.2, -0.15) is 0 Å². The zero-order valence-electron chi connectivity index (χ0n) is 5.33. The Labute approximate surface area is 62.8 Å². The van der Waals surface area contributed by atoms with E-state index in [1.54, 1.807) is 0 Å². The minimum atomic E-state index is -0.641. The molecule has 1 heterocycles. The highest BCUT2D eigenvalue weighted by atomic mass is 35.5. The van der Waals surface area contributed by atoms with Gasteiger partial charge in [0.05, 0.1) is 13.7 Å². The van der Waals surface area contributed by atoms with E-state index in [2.05, 4.69) is 9.73 Å². The largest absolute Gasteiger partial charge is 0.466 e. The van der Waals surface area contributed by atoms with Crippen molar-refractivity contribution in [3.8, 4) is 0 Å². The van der Waals surface area contributed by atoms with Crippen molar-refractivity contribution in [3.05, 3.63) is 0 Å². The number of carbonyl (C=O) groups excluding carboxylic acids is 1. The van der Waals surface area contributed by atoms with E-state index in [-0.39, 0.29) is 11.9 Å². The van der Waals surface area contributed by atoms with Gasteiger partial charge in [-0.05, 0) is 11.6 Å². The third kappa shape index (κ3) is 1.39. The lowest BCUT2D eigenvalue weighted by Gasteiger charge is -2.04. The van der Waals surface area contributed by atoms with E-state index in [4.69, 9.17) is 16.3 Å². The summed E-state index contributed by atoms with van der Waals surface area (Å²) in [6.45, 7) is 0.255. The maximum Gasteiger partial charge on any atom is 0.349 e. The molecule has 0 amide bonds. The first-order chi connectivity index (χ1) is 4.74.